The number of Topliss-reactive ketones (excluding diaryl/α,β-unsaturated/α-hetero) is 1. The molecule has 0 radical (unpaired) electrons. The lowest BCUT2D eigenvalue weighted by atomic mass is 10.1. The van der Waals surface area contributed by atoms with E-state index in [9.17, 15) is 18.4 Å². The second-order valence-corrected chi connectivity index (χ2v) is 6.10. The topological polar surface area (TPSA) is 76.0 Å². The second-order valence-electron chi connectivity index (χ2n) is 6.10. The van der Waals surface area contributed by atoms with Gasteiger partial charge in [0.1, 0.15) is 17.1 Å². The molecular formula is C19H14F2N4O2. The fourth-order valence-corrected chi connectivity index (χ4v) is 2.72. The number of carbonyl (C=O) groups excluding carboxylic acids is 2. The zero-order chi connectivity index (χ0) is 19.1. The molecule has 8 heteroatoms. The normalized spacial score (nSPS) is 14.6. The number of allylic oxidation sites excluding steroid dienone is 5. The van der Waals surface area contributed by atoms with Crippen LogP contribution in [0.5, 0.6) is 0 Å². The van der Waals surface area contributed by atoms with Gasteiger partial charge in [-0.15, -0.1) is 0 Å². The first-order chi connectivity index (χ1) is 12.9. The second kappa shape index (κ2) is 6.31. The Labute approximate surface area is 152 Å². The van der Waals surface area contributed by atoms with Crippen molar-refractivity contribution in [3.8, 4) is 0 Å². The first-order valence-electron chi connectivity index (χ1n) is 8.14. The molecule has 1 aliphatic heterocycles. The van der Waals surface area contributed by atoms with E-state index in [1.807, 2.05) is 0 Å². The van der Waals surface area contributed by atoms with Crippen molar-refractivity contribution >= 4 is 28.9 Å². The van der Waals surface area contributed by atoms with Gasteiger partial charge in [-0.3, -0.25) is 9.59 Å². The van der Waals surface area contributed by atoms with Gasteiger partial charge in [-0.25, -0.2) is 13.5 Å². The van der Waals surface area contributed by atoms with Crippen LogP contribution in [0.4, 0.5) is 20.3 Å². The van der Waals surface area contributed by atoms with Crippen LogP contribution in [0, 0.1) is 0 Å². The van der Waals surface area contributed by atoms with Crippen LogP contribution in [-0.2, 0) is 0 Å². The van der Waals surface area contributed by atoms with E-state index in [1.54, 1.807) is 36.4 Å². The van der Waals surface area contributed by atoms with E-state index in [0.717, 1.165) is 10.3 Å². The number of aromatic nitrogens is 2. The van der Waals surface area contributed by atoms with E-state index in [2.05, 4.69) is 15.7 Å². The van der Waals surface area contributed by atoms with Crippen molar-refractivity contribution in [3.05, 3.63) is 71.1 Å². The van der Waals surface area contributed by atoms with Gasteiger partial charge < -0.3 is 10.6 Å². The number of hydrogen-bond donors (Lipinski definition) is 2. The number of carbonyl (C=O) groups is 2. The SMILES string of the molecule is CC(=O)c1ccc(NC(=O)c2cnn3c2NC(=C2C=C2)C=C3C(F)F)cc1. The van der Waals surface area contributed by atoms with Crippen LogP contribution in [0.15, 0.2) is 60.0 Å². The first-order valence-corrected chi connectivity index (χ1v) is 8.14. The third-order valence-corrected chi connectivity index (χ3v) is 4.22. The van der Waals surface area contributed by atoms with Gasteiger partial charge in [0.05, 0.1) is 6.20 Å². The fraction of sp³-hybridized carbons (Fsp3) is 0.105. The molecule has 1 amide bonds. The highest BCUT2D eigenvalue weighted by molar-refractivity contribution is 6.08. The van der Waals surface area contributed by atoms with E-state index in [4.69, 9.17) is 0 Å². The van der Waals surface area contributed by atoms with Gasteiger partial charge in [-0.1, -0.05) is 12.2 Å². The van der Waals surface area contributed by atoms with E-state index in [-0.39, 0.29) is 22.9 Å². The Balaban J connectivity index is 1.62. The Morgan fingerprint density at radius 3 is 2.48 bits per heavy atom. The maximum Gasteiger partial charge on any atom is 0.280 e. The minimum absolute atomic E-state index is 0.0802. The lowest BCUT2D eigenvalue weighted by Gasteiger charge is -2.20. The molecule has 2 aliphatic rings. The highest BCUT2D eigenvalue weighted by atomic mass is 19.3. The molecule has 0 saturated heterocycles. The summed E-state index contributed by atoms with van der Waals surface area (Å²) in [6.07, 6.45) is 3.39. The minimum Gasteiger partial charge on any atom is -0.339 e. The molecule has 0 saturated carbocycles. The number of fused-ring (bicyclic) bond motifs is 1. The van der Waals surface area contributed by atoms with Crippen LogP contribution in [0.2, 0.25) is 0 Å². The lowest BCUT2D eigenvalue weighted by molar-refractivity contribution is 0.101. The van der Waals surface area contributed by atoms with Gasteiger partial charge >= 0.3 is 0 Å². The summed E-state index contributed by atoms with van der Waals surface area (Å²) in [5.41, 5.74) is 2.13. The molecule has 2 N–H and O–H groups in total. The molecule has 0 bridgehead atoms. The van der Waals surface area contributed by atoms with E-state index in [0.29, 0.717) is 16.9 Å². The molecular weight excluding hydrogens is 354 g/mol. The van der Waals surface area contributed by atoms with Gasteiger partial charge in [0.25, 0.3) is 12.3 Å². The van der Waals surface area contributed by atoms with Crippen LogP contribution in [-0.4, -0.2) is 27.9 Å². The van der Waals surface area contributed by atoms with Crippen LogP contribution >= 0.6 is 0 Å². The molecule has 27 heavy (non-hydrogen) atoms. The van der Waals surface area contributed by atoms with Crippen molar-refractivity contribution < 1.29 is 18.4 Å². The molecule has 0 unspecified atom stereocenters. The van der Waals surface area contributed by atoms with Crippen molar-refractivity contribution in [2.24, 2.45) is 0 Å². The quantitative estimate of drug-likeness (QED) is 0.807. The largest absolute Gasteiger partial charge is 0.339 e. The summed E-state index contributed by atoms with van der Waals surface area (Å²) in [6, 6.07) is 6.40. The van der Waals surface area contributed by atoms with E-state index >= 15 is 0 Å². The number of hydrogen-bond acceptors (Lipinski definition) is 4. The van der Waals surface area contributed by atoms with Gasteiger partial charge in [0.2, 0.25) is 0 Å². The van der Waals surface area contributed by atoms with Crippen molar-refractivity contribution in [1.29, 1.82) is 0 Å². The fourth-order valence-electron chi connectivity index (χ4n) is 2.72. The van der Waals surface area contributed by atoms with Crippen LogP contribution in [0.3, 0.4) is 0 Å². The predicted octanol–water partition coefficient (Wildman–Crippen LogP) is 3.69. The standard InChI is InChI=1S/C19H14F2N4O2/c1-10(26)11-4-6-13(7-5-11)23-19(27)14-9-22-25-16(17(20)21)8-15(12-2-3-12)24-18(14)25/h2-9,17,24H,1H3,(H,23,27). The predicted molar refractivity (Wildman–Crippen MR) is 96.7 cm³/mol. The number of alkyl halides is 2. The summed E-state index contributed by atoms with van der Waals surface area (Å²) in [5.74, 6) is -0.395. The molecule has 1 aromatic heterocycles. The Bertz CT molecular complexity index is 1040. The summed E-state index contributed by atoms with van der Waals surface area (Å²) >= 11 is 0. The van der Waals surface area contributed by atoms with Gasteiger partial charge in [0, 0.05) is 16.9 Å². The summed E-state index contributed by atoms with van der Waals surface area (Å²) in [4.78, 5) is 23.9. The summed E-state index contributed by atoms with van der Waals surface area (Å²) in [7, 11) is 0. The summed E-state index contributed by atoms with van der Waals surface area (Å²) in [6.45, 7) is 1.45. The molecule has 4 rings (SSSR count). The number of nitrogens with zero attached hydrogens (tertiary/aromatic N) is 2. The van der Waals surface area contributed by atoms with Gasteiger partial charge in [-0.2, -0.15) is 5.10 Å². The van der Waals surface area contributed by atoms with Gasteiger partial charge in [0.15, 0.2) is 5.78 Å². The Hall–Kier alpha value is -3.55. The molecule has 2 heterocycles. The number of nitrogens with one attached hydrogen (secondary N) is 2. The highest BCUT2D eigenvalue weighted by Crippen LogP contribution is 2.34. The molecule has 2 aromatic rings. The van der Waals surface area contributed by atoms with Crippen LogP contribution in [0.25, 0.3) is 5.70 Å². The number of rotatable bonds is 4. The number of halogens is 2. The number of anilines is 2. The monoisotopic (exact) mass is 368 g/mol. The molecule has 0 fully saturated rings. The third-order valence-electron chi connectivity index (χ3n) is 4.22. The minimum atomic E-state index is -2.74. The maximum atomic E-state index is 13.4. The zero-order valence-corrected chi connectivity index (χ0v) is 14.2. The zero-order valence-electron chi connectivity index (χ0n) is 14.2. The summed E-state index contributed by atoms with van der Waals surface area (Å²) < 4.78 is 27.8. The van der Waals surface area contributed by atoms with E-state index < -0.39 is 12.3 Å². The molecule has 1 aliphatic carbocycles. The smallest absolute Gasteiger partial charge is 0.280 e. The van der Waals surface area contributed by atoms with Crippen molar-refractivity contribution in [3.63, 3.8) is 0 Å². The Morgan fingerprint density at radius 2 is 1.89 bits per heavy atom. The molecule has 1 aromatic carbocycles. The van der Waals surface area contributed by atoms with Gasteiger partial charge in [-0.05, 0) is 42.8 Å². The summed E-state index contributed by atoms with van der Waals surface area (Å²) in [5, 5.41) is 9.60. The van der Waals surface area contributed by atoms with Crippen LogP contribution < -0.4 is 10.6 Å². The van der Waals surface area contributed by atoms with Crippen LogP contribution in [0.1, 0.15) is 27.6 Å². The number of amides is 1. The molecule has 136 valence electrons. The number of ketones is 1. The molecule has 0 atom stereocenters. The Morgan fingerprint density at radius 1 is 1.19 bits per heavy atom. The van der Waals surface area contributed by atoms with Crippen molar-refractivity contribution in [1.82, 2.24) is 9.78 Å². The average Bonchev–Trinajstić information content (AvgIpc) is 3.40. The Kier molecular flexibility index (Phi) is 3.95. The molecule has 6 nitrogen and oxygen atoms in total. The maximum absolute atomic E-state index is 13.4. The average molecular weight is 368 g/mol. The third kappa shape index (κ3) is 3.17. The lowest BCUT2D eigenvalue weighted by Crippen LogP contribution is -2.20. The number of benzene rings is 1. The highest BCUT2D eigenvalue weighted by Gasteiger charge is 2.29. The molecule has 0 spiro atoms. The van der Waals surface area contributed by atoms with E-state index in [1.165, 1.54) is 19.2 Å². The van der Waals surface area contributed by atoms with Crippen molar-refractivity contribution in [2.45, 2.75) is 13.3 Å². The first kappa shape index (κ1) is 16.9. The van der Waals surface area contributed by atoms with Crippen molar-refractivity contribution in [2.75, 3.05) is 10.6 Å².